The number of methoxy groups -OCH3 is 1. The van der Waals surface area contributed by atoms with Crippen LogP contribution in [0, 0.1) is 5.92 Å². The van der Waals surface area contributed by atoms with E-state index >= 15 is 0 Å². The minimum atomic E-state index is -1.11. The summed E-state index contributed by atoms with van der Waals surface area (Å²) in [7, 11) is 1.47. The zero-order valence-corrected chi connectivity index (χ0v) is 23.3. The molecule has 1 heterocycles. The lowest BCUT2D eigenvalue weighted by molar-refractivity contribution is -0.138. The third-order valence-corrected chi connectivity index (χ3v) is 8.32. The molecule has 1 aromatic carbocycles. The molecule has 1 aromatic rings. The van der Waals surface area contributed by atoms with E-state index in [-0.39, 0.29) is 19.1 Å². The maximum atomic E-state index is 13.7. The van der Waals surface area contributed by atoms with Crippen molar-refractivity contribution in [1.82, 2.24) is 10.2 Å². The van der Waals surface area contributed by atoms with Crippen molar-refractivity contribution in [3.8, 4) is 11.5 Å². The van der Waals surface area contributed by atoms with Crippen molar-refractivity contribution in [2.45, 2.75) is 82.0 Å². The number of allylic oxidation sites excluding steroid dienone is 1. The highest BCUT2D eigenvalue weighted by Gasteiger charge is 2.51. The molecule has 4 atom stereocenters. The lowest BCUT2D eigenvalue weighted by Crippen LogP contribution is -2.56. The van der Waals surface area contributed by atoms with E-state index in [1.807, 2.05) is 6.08 Å². The van der Waals surface area contributed by atoms with Crippen LogP contribution in [-0.4, -0.2) is 78.3 Å². The molecule has 40 heavy (non-hydrogen) atoms. The quantitative estimate of drug-likeness (QED) is 0.194. The van der Waals surface area contributed by atoms with E-state index in [4.69, 9.17) is 9.47 Å². The van der Waals surface area contributed by atoms with Gasteiger partial charge >= 0.3 is 0 Å². The van der Waals surface area contributed by atoms with E-state index in [1.165, 1.54) is 13.5 Å². The van der Waals surface area contributed by atoms with E-state index < -0.39 is 30.1 Å². The molecule has 2 amide bonds. The topological polar surface area (TPSA) is 125 Å². The molecule has 3 N–H and O–H groups in total. The number of carbonyl (C=O) groups excluding carboxylic acids is 3. The van der Waals surface area contributed by atoms with E-state index in [0.717, 1.165) is 38.5 Å². The fourth-order valence-electron chi connectivity index (χ4n) is 6.30. The minimum absolute atomic E-state index is 0.0557. The SMILES string of the molecule is C=CCCCCC(=O)N(CC1CCCCC1)C1C=C(C(=O)NCCO)C2c3cc(C=O)cc(OC)c3OC2C1O. The number of aliphatic hydroxyl groups excluding tert-OH is 2. The van der Waals surface area contributed by atoms with Crippen LogP contribution in [0.4, 0.5) is 0 Å². The number of fused-ring (bicyclic) bond motifs is 3. The molecule has 4 rings (SSSR count). The van der Waals surface area contributed by atoms with E-state index in [9.17, 15) is 24.6 Å². The van der Waals surface area contributed by atoms with E-state index in [1.54, 1.807) is 23.1 Å². The molecule has 9 heteroatoms. The number of hydrogen-bond donors (Lipinski definition) is 3. The first-order valence-electron chi connectivity index (χ1n) is 14.5. The van der Waals surface area contributed by atoms with Gasteiger partial charge in [-0.2, -0.15) is 0 Å². The first-order valence-corrected chi connectivity index (χ1v) is 14.5. The third-order valence-electron chi connectivity index (χ3n) is 8.32. The average molecular weight is 555 g/mol. The number of nitrogens with zero attached hydrogens (tertiary/aromatic N) is 1. The molecule has 0 radical (unpaired) electrons. The van der Waals surface area contributed by atoms with Crippen LogP contribution in [0.2, 0.25) is 0 Å². The fourth-order valence-corrected chi connectivity index (χ4v) is 6.30. The zero-order valence-electron chi connectivity index (χ0n) is 23.3. The standard InChI is InChI=1S/C31H42N2O7/c1-3-4-5-9-12-26(36)33(18-20-10-7-6-8-11-20)24-17-23(31(38)32-13-14-34)27-22-15-21(19-35)16-25(39-2)29(22)40-30(27)28(24)37/h3,15-17,19-20,24,27-28,30,34,37H,1,4-14,18H2,2H3,(H,32,38). The number of aldehydes is 1. The molecule has 1 aliphatic heterocycles. The summed E-state index contributed by atoms with van der Waals surface area (Å²) in [4.78, 5) is 40.6. The Morgan fingerprint density at radius 2 is 2.00 bits per heavy atom. The van der Waals surface area contributed by atoms with Crippen LogP contribution in [0.5, 0.6) is 11.5 Å². The Bertz CT molecular complexity index is 1110. The molecule has 2 aliphatic carbocycles. The summed E-state index contributed by atoms with van der Waals surface area (Å²) in [6.45, 7) is 4.09. The fraction of sp³-hybridized carbons (Fsp3) is 0.581. The van der Waals surface area contributed by atoms with Crippen molar-refractivity contribution < 1.29 is 34.1 Å². The predicted molar refractivity (Wildman–Crippen MR) is 150 cm³/mol. The zero-order chi connectivity index (χ0) is 28.6. The number of ether oxygens (including phenoxy) is 2. The number of hydrogen-bond acceptors (Lipinski definition) is 7. The summed E-state index contributed by atoms with van der Waals surface area (Å²) in [6.07, 6.45) is 10.5. The van der Waals surface area contributed by atoms with Crippen molar-refractivity contribution in [2.75, 3.05) is 26.8 Å². The lowest BCUT2D eigenvalue weighted by atomic mass is 9.76. The van der Waals surface area contributed by atoms with Crippen molar-refractivity contribution >= 4 is 18.1 Å². The Morgan fingerprint density at radius 3 is 2.67 bits per heavy atom. The smallest absolute Gasteiger partial charge is 0.247 e. The largest absolute Gasteiger partial charge is 0.493 e. The molecule has 4 unspecified atom stereocenters. The monoisotopic (exact) mass is 554 g/mol. The van der Waals surface area contributed by atoms with Crippen LogP contribution >= 0.6 is 0 Å². The number of rotatable bonds is 13. The summed E-state index contributed by atoms with van der Waals surface area (Å²) in [5.74, 6) is -0.104. The molecular weight excluding hydrogens is 512 g/mol. The summed E-state index contributed by atoms with van der Waals surface area (Å²) < 4.78 is 11.8. The van der Waals surface area contributed by atoms with Gasteiger partial charge in [0.15, 0.2) is 11.5 Å². The summed E-state index contributed by atoms with van der Waals surface area (Å²) in [5, 5.41) is 23.8. The molecule has 1 fully saturated rings. The van der Waals surface area contributed by atoms with Gasteiger partial charge in [-0.15, -0.1) is 6.58 Å². The summed E-state index contributed by atoms with van der Waals surface area (Å²) in [5.41, 5.74) is 1.27. The van der Waals surface area contributed by atoms with E-state index in [2.05, 4.69) is 11.9 Å². The molecule has 0 saturated heterocycles. The molecule has 0 spiro atoms. The van der Waals surface area contributed by atoms with E-state index in [0.29, 0.717) is 59.8 Å². The summed E-state index contributed by atoms with van der Waals surface area (Å²) in [6, 6.07) is 2.45. The van der Waals surface area contributed by atoms with Gasteiger partial charge in [-0.05, 0) is 56.2 Å². The normalized spacial score (nSPS) is 23.7. The lowest BCUT2D eigenvalue weighted by Gasteiger charge is -2.42. The number of amides is 2. The maximum absolute atomic E-state index is 13.7. The Labute approximate surface area is 236 Å². The van der Waals surface area contributed by atoms with Gasteiger partial charge < -0.3 is 29.9 Å². The third kappa shape index (κ3) is 6.41. The van der Waals surface area contributed by atoms with Crippen LogP contribution in [0.1, 0.15) is 79.6 Å². The van der Waals surface area contributed by atoms with Crippen molar-refractivity contribution in [3.05, 3.63) is 47.6 Å². The Hall–Kier alpha value is -3.17. The predicted octanol–water partition coefficient (Wildman–Crippen LogP) is 3.29. The van der Waals surface area contributed by atoms with Gasteiger partial charge in [0.2, 0.25) is 11.8 Å². The molecule has 0 bridgehead atoms. The van der Waals surface area contributed by atoms with Gasteiger partial charge in [-0.3, -0.25) is 14.4 Å². The number of unbranched alkanes of at least 4 members (excludes halogenated alkanes) is 2. The number of aliphatic hydroxyl groups is 2. The molecule has 9 nitrogen and oxygen atoms in total. The Balaban J connectivity index is 1.73. The average Bonchev–Trinajstić information content (AvgIpc) is 3.37. The van der Waals surface area contributed by atoms with Crippen LogP contribution in [0.15, 0.2) is 36.4 Å². The highest BCUT2D eigenvalue weighted by molar-refractivity contribution is 5.96. The van der Waals surface area contributed by atoms with Gasteiger partial charge in [0.1, 0.15) is 18.5 Å². The molecular formula is C31H42N2O7. The second-order valence-corrected chi connectivity index (χ2v) is 11.0. The number of nitrogens with one attached hydrogen (secondary N) is 1. The van der Waals surface area contributed by atoms with Crippen LogP contribution in [-0.2, 0) is 9.59 Å². The second kappa shape index (κ2) is 13.9. The molecule has 3 aliphatic rings. The summed E-state index contributed by atoms with van der Waals surface area (Å²) >= 11 is 0. The van der Waals surface area contributed by atoms with Crippen LogP contribution in [0.25, 0.3) is 0 Å². The molecule has 218 valence electrons. The highest BCUT2D eigenvalue weighted by Crippen LogP contribution is 2.51. The maximum Gasteiger partial charge on any atom is 0.247 e. The van der Waals surface area contributed by atoms with Gasteiger partial charge in [-0.25, -0.2) is 0 Å². The highest BCUT2D eigenvalue weighted by atomic mass is 16.5. The van der Waals surface area contributed by atoms with Gasteiger partial charge in [-0.1, -0.05) is 25.3 Å². The number of benzene rings is 1. The minimum Gasteiger partial charge on any atom is -0.493 e. The van der Waals surface area contributed by atoms with Crippen LogP contribution in [0.3, 0.4) is 0 Å². The Morgan fingerprint density at radius 1 is 1.23 bits per heavy atom. The van der Waals surface area contributed by atoms with Gasteiger partial charge in [0, 0.05) is 36.2 Å². The first-order chi connectivity index (χ1) is 19.4. The van der Waals surface area contributed by atoms with Gasteiger partial charge in [0.05, 0.1) is 25.7 Å². The van der Waals surface area contributed by atoms with Crippen molar-refractivity contribution in [3.63, 3.8) is 0 Å². The van der Waals surface area contributed by atoms with Gasteiger partial charge in [0.25, 0.3) is 0 Å². The molecule has 1 saturated carbocycles. The second-order valence-electron chi connectivity index (χ2n) is 11.0. The first kappa shape index (κ1) is 29.8. The number of carbonyl (C=O) groups is 3. The molecule has 0 aromatic heterocycles. The van der Waals surface area contributed by atoms with Crippen LogP contribution < -0.4 is 14.8 Å². The van der Waals surface area contributed by atoms with Crippen molar-refractivity contribution in [1.29, 1.82) is 0 Å². The Kier molecular flexibility index (Phi) is 10.4. The van der Waals surface area contributed by atoms with Crippen molar-refractivity contribution in [2.24, 2.45) is 5.92 Å².